The molecule has 0 saturated carbocycles. The molecule has 0 unspecified atom stereocenters. The number of hydrogen-bond acceptors (Lipinski definition) is 3. The zero-order chi connectivity index (χ0) is 15.9. The zero-order valence-corrected chi connectivity index (χ0v) is 12.4. The third kappa shape index (κ3) is 4.49. The van der Waals surface area contributed by atoms with E-state index in [1.165, 1.54) is 18.2 Å². The normalized spacial score (nSPS) is 10.0. The third-order valence-corrected chi connectivity index (χ3v) is 3.19. The Morgan fingerprint density at radius 3 is 2.50 bits per heavy atom. The topological polar surface area (TPSA) is 78.4 Å². The van der Waals surface area contributed by atoms with Crippen molar-refractivity contribution in [3.8, 4) is 5.75 Å². The summed E-state index contributed by atoms with van der Waals surface area (Å²) in [4.78, 5) is 23.4. The average molecular weight is 319 g/mol. The molecular formula is C16H15ClN2O3. The predicted octanol–water partition coefficient (Wildman–Crippen LogP) is 2.34. The first kappa shape index (κ1) is 15.9. The van der Waals surface area contributed by atoms with Crippen molar-refractivity contribution in [1.29, 1.82) is 0 Å². The molecule has 2 aromatic carbocycles. The lowest BCUT2D eigenvalue weighted by Crippen LogP contribution is -2.36. The largest absolute Gasteiger partial charge is 0.506 e. The Hall–Kier alpha value is -2.53. The molecule has 0 aliphatic rings. The van der Waals surface area contributed by atoms with Crippen LogP contribution in [0.1, 0.15) is 5.56 Å². The van der Waals surface area contributed by atoms with Gasteiger partial charge in [0, 0.05) is 11.6 Å². The molecule has 0 fully saturated rings. The summed E-state index contributed by atoms with van der Waals surface area (Å²) < 4.78 is 0. The number of halogens is 1. The van der Waals surface area contributed by atoms with Gasteiger partial charge in [-0.1, -0.05) is 41.9 Å². The van der Waals surface area contributed by atoms with Gasteiger partial charge in [0.15, 0.2) is 0 Å². The van der Waals surface area contributed by atoms with E-state index < -0.39 is 11.8 Å². The fourth-order valence-corrected chi connectivity index (χ4v) is 2.00. The number of phenolic OH excluding ortho intramolecular Hbond substituents is 1. The van der Waals surface area contributed by atoms with E-state index in [-0.39, 0.29) is 11.4 Å². The average Bonchev–Trinajstić information content (AvgIpc) is 2.52. The van der Waals surface area contributed by atoms with Gasteiger partial charge in [-0.05, 0) is 30.2 Å². The second-order valence-corrected chi connectivity index (χ2v) is 5.04. The van der Waals surface area contributed by atoms with Crippen LogP contribution in [0.4, 0.5) is 5.69 Å². The van der Waals surface area contributed by atoms with Gasteiger partial charge in [-0.15, -0.1) is 0 Å². The molecule has 0 aliphatic carbocycles. The molecule has 0 aromatic heterocycles. The number of carbonyl (C=O) groups excluding carboxylic acids is 2. The minimum Gasteiger partial charge on any atom is -0.506 e. The van der Waals surface area contributed by atoms with Gasteiger partial charge in [0.2, 0.25) is 0 Å². The molecule has 6 heteroatoms. The zero-order valence-electron chi connectivity index (χ0n) is 11.7. The minimum atomic E-state index is -0.856. The van der Waals surface area contributed by atoms with Gasteiger partial charge in [0.05, 0.1) is 5.69 Å². The quantitative estimate of drug-likeness (QED) is 0.598. The molecule has 2 amide bonds. The fourth-order valence-electron chi connectivity index (χ4n) is 1.83. The number of aromatic hydroxyl groups is 1. The van der Waals surface area contributed by atoms with Crippen LogP contribution in [-0.2, 0) is 16.0 Å². The number of hydrogen-bond donors (Lipinski definition) is 3. The molecule has 0 atom stereocenters. The lowest BCUT2D eigenvalue weighted by atomic mass is 10.1. The predicted molar refractivity (Wildman–Crippen MR) is 84.9 cm³/mol. The standard InChI is InChI=1S/C16H15ClN2O3/c17-12-6-7-14(20)13(10-12)19-16(22)15(21)18-9-8-11-4-2-1-3-5-11/h1-7,10,20H,8-9H2,(H,18,21)(H,19,22). The molecule has 0 radical (unpaired) electrons. The summed E-state index contributed by atoms with van der Waals surface area (Å²) in [6.45, 7) is 0.345. The van der Waals surface area contributed by atoms with E-state index in [2.05, 4.69) is 10.6 Å². The molecule has 114 valence electrons. The van der Waals surface area contributed by atoms with E-state index in [4.69, 9.17) is 11.6 Å². The number of amides is 2. The van der Waals surface area contributed by atoms with Crippen molar-refractivity contribution in [2.24, 2.45) is 0 Å². The Morgan fingerprint density at radius 1 is 1.05 bits per heavy atom. The molecular weight excluding hydrogens is 304 g/mol. The van der Waals surface area contributed by atoms with Gasteiger partial charge in [0.25, 0.3) is 0 Å². The highest BCUT2D eigenvalue weighted by Gasteiger charge is 2.15. The molecule has 2 aromatic rings. The second-order valence-electron chi connectivity index (χ2n) is 4.61. The van der Waals surface area contributed by atoms with Crippen LogP contribution in [0.3, 0.4) is 0 Å². The Bertz CT molecular complexity index is 674. The van der Waals surface area contributed by atoms with E-state index in [1.807, 2.05) is 30.3 Å². The highest BCUT2D eigenvalue weighted by atomic mass is 35.5. The van der Waals surface area contributed by atoms with Crippen LogP contribution in [0.25, 0.3) is 0 Å². The number of benzene rings is 2. The van der Waals surface area contributed by atoms with Crippen LogP contribution in [0.15, 0.2) is 48.5 Å². The lowest BCUT2D eigenvalue weighted by Gasteiger charge is -2.08. The Balaban J connectivity index is 1.84. The Labute approximate surface area is 132 Å². The first-order valence-corrected chi connectivity index (χ1v) is 7.05. The van der Waals surface area contributed by atoms with Crippen LogP contribution in [-0.4, -0.2) is 23.5 Å². The second kappa shape index (κ2) is 7.47. The maximum absolute atomic E-state index is 11.7. The van der Waals surface area contributed by atoms with Crippen molar-refractivity contribution < 1.29 is 14.7 Å². The Kier molecular flexibility index (Phi) is 5.38. The first-order chi connectivity index (χ1) is 10.6. The molecule has 0 heterocycles. The van der Waals surface area contributed by atoms with Crippen LogP contribution in [0.5, 0.6) is 5.75 Å². The summed E-state index contributed by atoms with van der Waals surface area (Å²) in [6.07, 6.45) is 0.627. The van der Waals surface area contributed by atoms with Crippen molar-refractivity contribution in [2.75, 3.05) is 11.9 Å². The van der Waals surface area contributed by atoms with Crippen LogP contribution in [0.2, 0.25) is 5.02 Å². The van der Waals surface area contributed by atoms with E-state index in [1.54, 1.807) is 0 Å². The molecule has 5 nitrogen and oxygen atoms in total. The van der Waals surface area contributed by atoms with Crippen LogP contribution < -0.4 is 10.6 Å². The molecule has 0 aliphatic heterocycles. The van der Waals surface area contributed by atoms with E-state index >= 15 is 0 Å². The maximum atomic E-state index is 11.7. The summed E-state index contributed by atoms with van der Waals surface area (Å²) in [5.74, 6) is -1.78. The number of phenols is 1. The van der Waals surface area contributed by atoms with Crippen molar-refractivity contribution in [3.63, 3.8) is 0 Å². The van der Waals surface area contributed by atoms with Crippen molar-refractivity contribution >= 4 is 29.1 Å². The molecule has 0 spiro atoms. The van der Waals surface area contributed by atoms with Gasteiger partial charge < -0.3 is 15.7 Å². The van der Waals surface area contributed by atoms with Gasteiger partial charge in [0.1, 0.15) is 5.75 Å². The highest BCUT2D eigenvalue weighted by molar-refractivity contribution is 6.40. The summed E-state index contributed by atoms with van der Waals surface area (Å²) in [5.41, 5.74) is 1.16. The van der Waals surface area contributed by atoms with E-state index in [9.17, 15) is 14.7 Å². The Morgan fingerprint density at radius 2 is 1.77 bits per heavy atom. The summed E-state index contributed by atoms with van der Waals surface area (Å²) in [5, 5.41) is 14.8. The van der Waals surface area contributed by atoms with Gasteiger partial charge >= 0.3 is 11.8 Å². The fraction of sp³-hybridized carbons (Fsp3) is 0.125. The van der Waals surface area contributed by atoms with Crippen molar-refractivity contribution in [2.45, 2.75) is 6.42 Å². The van der Waals surface area contributed by atoms with Crippen molar-refractivity contribution in [3.05, 3.63) is 59.1 Å². The number of anilines is 1. The maximum Gasteiger partial charge on any atom is 0.313 e. The number of rotatable bonds is 4. The minimum absolute atomic E-state index is 0.0932. The van der Waals surface area contributed by atoms with E-state index in [0.29, 0.717) is 18.0 Å². The number of carbonyl (C=O) groups is 2. The summed E-state index contributed by atoms with van der Waals surface area (Å²) in [6, 6.07) is 13.8. The van der Waals surface area contributed by atoms with Crippen LogP contribution >= 0.6 is 11.6 Å². The number of nitrogens with one attached hydrogen (secondary N) is 2. The summed E-state index contributed by atoms with van der Waals surface area (Å²) >= 11 is 5.77. The third-order valence-electron chi connectivity index (χ3n) is 2.96. The van der Waals surface area contributed by atoms with Crippen LogP contribution in [0, 0.1) is 0 Å². The lowest BCUT2D eigenvalue weighted by molar-refractivity contribution is -0.136. The van der Waals surface area contributed by atoms with E-state index in [0.717, 1.165) is 5.56 Å². The van der Waals surface area contributed by atoms with Gasteiger partial charge in [-0.3, -0.25) is 9.59 Å². The molecule has 0 bridgehead atoms. The summed E-state index contributed by atoms with van der Waals surface area (Å²) in [7, 11) is 0. The smallest absolute Gasteiger partial charge is 0.313 e. The van der Waals surface area contributed by atoms with Crippen molar-refractivity contribution in [1.82, 2.24) is 5.32 Å². The van der Waals surface area contributed by atoms with Gasteiger partial charge in [-0.25, -0.2) is 0 Å². The molecule has 22 heavy (non-hydrogen) atoms. The first-order valence-electron chi connectivity index (χ1n) is 6.68. The van der Waals surface area contributed by atoms with Gasteiger partial charge in [-0.2, -0.15) is 0 Å². The molecule has 3 N–H and O–H groups in total. The highest BCUT2D eigenvalue weighted by Crippen LogP contribution is 2.26. The molecule has 0 saturated heterocycles. The monoisotopic (exact) mass is 318 g/mol. The molecule has 2 rings (SSSR count). The SMILES string of the molecule is O=C(NCCc1ccccc1)C(=O)Nc1cc(Cl)ccc1O.